The second kappa shape index (κ2) is 2.84. The lowest BCUT2D eigenvalue weighted by Crippen LogP contribution is -1.89. The number of aryl methyl sites for hydroxylation is 1. The molecule has 1 atom stereocenters. The van der Waals surface area contributed by atoms with Crippen LogP contribution in [0.3, 0.4) is 0 Å². The van der Waals surface area contributed by atoms with E-state index in [-0.39, 0.29) is 6.10 Å². The van der Waals surface area contributed by atoms with E-state index in [4.69, 9.17) is 5.11 Å². The van der Waals surface area contributed by atoms with Gasteiger partial charge in [-0.3, -0.25) is 0 Å². The van der Waals surface area contributed by atoms with Crippen LogP contribution >= 0.6 is 0 Å². The van der Waals surface area contributed by atoms with E-state index in [1.807, 2.05) is 31.2 Å². The van der Waals surface area contributed by atoms with Crippen LogP contribution in [0.2, 0.25) is 0 Å². The SMILES string of the molecule is Cc1ccc([C@H](C)O)cc1. The van der Waals surface area contributed by atoms with E-state index in [2.05, 4.69) is 0 Å². The summed E-state index contributed by atoms with van der Waals surface area (Å²) in [6.45, 7) is 3.80. The topological polar surface area (TPSA) is 20.2 Å². The molecule has 0 spiro atoms. The predicted octanol–water partition coefficient (Wildman–Crippen LogP) is 2.05. The third-order valence-corrected chi connectivity index (χ3v) is 1.56. The molecule has 1 rings (SSSR count). The molecule has 1 aromatic rings. The van der Waals surface area contributed by atoms with E-state index in [1.165, 1.54) is 5.56 Å². The molecule has 0 bridgehead atoms. The fraction of sp³-hybridized carbons (Fsp3) is 0.333. The van der Waals surface area contributed by atoms with Gasteiger partial charge in [-0.05, 0) is 19.4 Å². The summed E-state index contributed by atoms with van der Waals surface area (Å²) in [5, 5.41) is 9.11. The highest BCUT2D eigenvalue weighted by molar-refractivity contribution is 5.22. The van der Waals surface area contributed by atoms with Gasteiger partial charge in [-0.15, -0.1) is 0 Å². The van der Waals surface area contributed by atoms with Crippen LogP contribution in [-0.2, 0) is 0 Å². The van der Waals surface area contributed by atoms with Gasteiger partial charge in [0.2, 0.25) is 0 Å². The van der Waals surface area contributed by atoms with Crippen LogP contribution in [0.4, 0.5) is 0 Å². The molecule has 0 aliphatic heterocycles. The van der Waals surface area contributed by atoms with Gasteiger partial charge in [0.1, 0.15) is 0 Å². The highest BCUT2D eigenvalue weighted by Crippen LogP contribution is 2.11. The molecule has 0 saturated heterocycles. The van der Waals surface area contributed by atoms with Gasteiger partial charge in [0.05, 0.1) is 6.10 Å². The molecule has 1 N–H and O–H groups in total. The van der Waals surface area contributed by atoms with Gasteiger partial charge in [-0.1, -0.05) is 29.8 Å². The number of benzene rings is 1. The zero-order chi connectivity index (χ0) is 7.56. The van der Waals surface area contributed by atoms with Gasteiger partial charge in [0.25, 0.3) is 0 Å². The Bertz CT molecular complexity index is 198. The average molecular weight is 136 g/mol. The second-order valence-corrected chi connectivity index (χ2v) is 2.59. The van der Waals surface area contributed by atoms with Crippen molar-refractivity contribution in [3.63, 3.8) is 0 Å². The zero-order valence-corrected chi connectivity index (χ0v) is 6.33. The van der Waals surface area contributed by atoms with E-state index in [1.54, 1.807) is 6.92 Å². The lowest BCUT2D eigenvalue weighted by Gasteiger charge is -2.02. The van der Waals surface area contributed by atoms with E-state index in [9.17, 15) is 0 Å². The lowest BCUT2D eigenvalue weighted by molar-refractivity contribution is 0.199. The van der Waals surface area contributed by atoms with Crippen LogP contribution in [0.1, 0.15) is 24.2 Å². The maximum atomic E-state index is 9.11. The predicted molar refractivity (Wildman–Crippen MR) is 41.8 cm³/mol. The van der Waals surface area contributed by atoms with Crippen LogP contribution in [0.25, 0.3) is 0 Å². The largest absolute Gasteiger partial charge is 0.389 e. The maximum absolute atomic E-state index is 9.11. The number of hydrogen-bond acceptors (Lipinski definition) is 1. The molecule has 10 heavy (non-hydrogen) atoms. The molecule has 0 aliphatic rings. The Balaban J connectivity index is 2.89. The summed E-state index contributed by atoms with van der Waals surface area (Å²) in [6, 6.07) is 7.89. The molecule has 0 aliphatic carbocycles. The van der Waals surface area contributed by atoms with Gasteiger partial charge in [-0.2, -0.15) is 0 Å². The Hall–Kier alpha value is -0.820. The van der Waals surface area contributed by atoms with Crippen molar-refractivity contribution in [2.75, 3.05) is 0 Å². The maximum Gasteiger partial charge on any atom is 0.0761 e. The smallest absolute Gasteiger partial charge is 0.0761 e. The molecule has 54 valence electrons. The van der Waals surface area contributed by atoms with Crippen molar-refractivity contribution in [1.29, 1.82) is 0 Å². The first-order chi connectivity index (χ1) is 4.70. The molecule has 0 heterocycles. The Kier molecular flexibility index (Phi) is 2.07. The third-order valence-electron chi connectivity index (χ3n) is 1.56. The monoisotopic (exact) mass is 136 g/mol. The van der Waals surface area contributed by atoms with Crippen molar-refractivity contribution in [3.8, 4) is 0 Å². The van der Waals surface area contributed by atoms with E-state index in [0.717, 1.165) is 5.56 Å². The Morgan fingerprint density at radius 3 is 2.10 bits per heavy atom. The van der Waals surface area contributed by atoms with Crippen LogP contribution in [0.15, 0.2) is 24.3 Å². The summed E-state index contributed by atoms with van der Waals surface area (Å²) in [5.41, 5.74) is 2.20. The molecule has 0 amide bonds. The molecular weight excluding hydrogens is 124 g/mol. The van der Waals surface area contributed by atoms with Gasteiger partial charge in [-0.25, -0.2) is 0 Å². The normalized spacial score (nSPS) is 13.1. The number of aliphatic hydroxyl groups is 1. The first-order valence-electron chi connectivity index (χ1n) is 3.45. The van der Waals surface area contributed by atoms with E-state index >= 15 is 0 Å². The second-order valence-electron chi connectivity index (χ2n) is 2.59. The van der Waals surface area contributed by atoms with Crippen molar-refractivity contribution >= 4 is 0 Å². The van der Waals surface area contributed by atoms with Crippen molar-refractivity contribution in [2.45, 2.75) is 20.0 Å². The lowest BCUT2D eigenvalue weighted by atomic mass is 10.1. The molecular formula is C9H12O. The standard InChI is InChI=1S/C9H12O/c1-7-3-5-9(6-4-7)8(2)10/h3-6,8,10H,1-2H3/t8-/m0/s1. The molecule has 0 unspecified atom stereocenters. The summed E-state index contributed by atoms with van der Waals surface area (Å²) >= 11 is 0. The molecule has 0 aromatic heterocycles. The first-order valence-corrected chi connectivity index (χ1v) is 3.45. The Labute approximate surface area is 61.3 Å². The van der Waals surface area contributed by atoms with Gasteiger partial charge >= 0.3 is 0 Å². The molecule has 1 nitrogen and oxygen atoms in total. The van der Waals surface area contributed by atoms with Crippen LogP contribution < -0.4 is 0 Å². The Morgan fingerprint density at radius 2 is 1.70 bits per heavy atom. The van der Waals surface area contributed by atoms with Crippen molar-refractivity contribution in [1.82, 2.24) is 0 Å². The van der Waals surface area contributed by atoms with E-state index in [0.29, 0.717) is 0 Å². The summed E-state index contributed by atoms with van der Waals surface area (Å²) in [4.78, 5) is 0. The summed E-state index contributed by atoms with van der Waals surface area (Å²) in [7, 11) is 0. The Morgan fingerprint density at radius 1 is 1.20 bits per heavy atom. The number of aliphatic hydroxyl groups excluding tert-OH is 1. The van der Waals surface area contributed by atoms with Crippen LogP contribution in [0.5, 0.6) is 0 Å². The van der Waals surface area contributed by atoms with Gasteiger partial charge in [0.15, 0.2) is 0 Å². The van der Waals surface area contributed by atoms with Gasteiger partial charge < -0.3 is 5.11 Å². The molecule has 1 aromatic carbocycles. The molecule has 0 radical (unpaired) electrons. The van der Waals surface area contributed by atoms with Gasteiger partial charge in [0, 0.05) is 0 Å². The average Bonchev–Trinajstić information content (AvgIpc) is 1.88. The molecule has 1 heteroatoms. The fourth-order valence-corrected chi connectivity index (χ4v) is 0.845. The van der Waals surface area contributed by atoms with Crippen molar-refractivity contribution in [3.05, 3.63) is 35.4 Å². The number of hydrogen-bond donors (Lipinski definition) is 1. The first kappa shape index (κ1) is 7.29. The highest BCUT2D eigenvalue weighted by Gasteiger charge is 1.96. The highest BCUT2D eigenvalue weighted by atomic mass is 16.3. The zero-order valence-electron chi connectivity index (χ0n) is 6.33. The summed E-state index contributed by atoms with van der Waals surface area (Å²) in [6.07, 6.45) is -0.347. The minimum absolute atomic E-state index is 0.347. The minimum Gasteiger partial charge on any atom is -0.389 e. The summed E-state index contributed by atoms with van der Waals surface area (Å²) < 4.78 is 0. The third kappa shape index (κ3) is 1.58. The molecule has 0 saturated carbocycles. The number of rotatable bonds is 1. The fourth-order valence-electron chi connectivity index (χ4n) is 0.845. The minimum atomic E-state index is -0.347. The quantitative estimate of drug-likeness (QED) is 0.626. The van der Waals surface area contributed by atoms with Crippen LogP contribution in [0, 0.1) is 6.92 Å². The van der Waals surface area contributed by atoms with Crippen molar-refractivity contribution in [2.24, 2.45) is 0 Å². The van der Waals surface area contributed by atoms with E-state index < -0.39 is 0 Å². The molecule has 0 fully saturated rings. The van der Waals surface area contributed by atoms with Crippen molar-refractivity contribution < 1.29 is 5.11 Å². The summed E-state index contributed by atoms with van der Waals surface area (Å²) in [5.74, 6) is 0. The van der Waals surface area contributed by atoms with Crippen LogP contribution in [-0.4, -0.2) is 5.11 Å².